The zero-order chi connectivity index (χ0) is 16.9. The van der Waals surface area contributed by atoms with Crippen LogP contribution in [0.1, 0.15) is 45.5 Å². The number of para-hydroxylation sites is 1. The van der Waals surface area contributed by atoms with Crippen molar-refractivity contribution in [2.24, 2.45) is 0 Å². The third-order valence-electron chi connectivity index (χ3n) is 4.33. The first kappa shape index (κ1) is 16.2. The molecule has 4 heteroatoms. The Bertz CT molecular complexity index is 749. The van der Waals surface area contributed by atoms with Gasteiger partial charge in [-0.15, -0.1) is 0 Å². The highest BCUT2D eigenvalue weighted by Gasteiger charge is 2.21. The normalized spacial score (nSPS) is 14.3. The summed E-state index contributed by atoms with van der Waals surface area (Å²) in [5.74, 6) is -0.201. The molecule has 1 fully saturated rings. The van der Waals surface area contributed by atoms with Crippen LogP contribution in [-0.2, 0) is 0 Å². The fraction of sp³-hybridized carbons (Fsp3) is 0.300. The number of carbonyl (C=O) groups excluding carboxylic acids is 2. The summed E-state index contributed by atoms with van der Waals surface area (Å²) in [5, 5.41) is 2.89. The summed E-state index contributed by atoms with van der Waals surface area (Å²) in [7, 11) is 0. The second-order valence-corrected chi connectivity index (χ2v) is 6.22. The molecule has 1 aliphatic rings. The quantitative estimate of drug-likeness (QED) is 0.932. The highest BCUT2D eigenvalue weighted by atomic mass is 16.2. The number of rotatable bonds is 3. The van der Waals surface area contributed by atoms with E-state index in [0.29, 0.717) is 16.8 Å². The summed E-state index contributed by atoms with van der Waals surface area (Å²) < 4.78 is 0. The first-order valence-electron chi connectivity index (χ1n) is 8.41. The average molecular weight is 322 g/mol. The summed E-state index contributed by atoms with van der Waals surface area (Å²) >= 11 is 0. The highest BCUT2D eigenvalue weighted by molar-refractivity contribution is 6.09. The van der Waals surface area contributed by atoms with Crippen LogP contribution >= 0.6 is 0 Å². The molecule has 0 unspecified atom stereocenters. The Morgan fingerprint density at radius 1 is 0.958 bits per heavy atom. The molecular formula is C20H22N2O2. The summed E-state index contributed by atoms with van der Waals surface area (Å²) in [6.45, 7) is 3.53. The molecule has 0 bridgehead atoms. The van der Waals surface area contributed by atoms with Crippen molar-refractivity contribution in [3.05, 3.63) is 65.2 Å². The monoisotopic (exact) mass is 322 g/mol. The van der Waals surface area contributed by atoms with Gasteiger partial charge in [0.25, 0.3) is 11.8 Å². The van der Waals surface area contributed by atoms with Gasteiger partial charge in [-0.25, -0.2) is 0 Å². The first-order valence-corrected chi connectivity index (χ1v) is 8.41. The number of carbonyl (C=O) groups is 2. The van der Waals surface area contributed by atoms with Crippen LogP contribution in [0, 0.1) is 6.92 Å². The first-order chi connectivity index (χ1) is 11.6. The Hall–Kier alpha value is -2.62. The van der Waals surface area contributed by atoms with E-state index in [1.807, 2.05) is 42.2 Å². The van der Waals surface area contributed by atoms with Gasteiger partial charge in [0, 0.05) is 18.7 Å². The molecule has 2 aromatic carbocycles. The van der Waals surface area contributed by atoms with Crippen LogP contribution in [0.4, 0.5) is 5.69 Å². The van der Waals surface area contributed by atoms with Crippen molar-refractivity contribution in [3.8, 4) is 0 Å². The lowest BCUT2D eigenvalue weighted by molar-refractivity contribution is 0.0725. The maximum Gasteiger partial charge on any atom is 0.255 e. The molecule has 2 aromatic rings. The maximum atomic E-state index is 12.8. The number of nitrogens with one attached hydrogen (secondary N) is 1. The summed E-state index contributed by atoms with van der Waals surface area (Å²) in [6.07, 6.45) is 3.27. The van der Waals surface area contributed by atoms with Gasteiger partial charge in [-0.1, -0.05) is 29.8 Å². The van der Waals surface area contributed by atoms with Gasteiger partial charge in [0.15, 0.2) is 0 Å². The second kappa shape index (κ2) is 7.30. The smallest absolute Gasteiger partial charge is 0.255 e. The minimum Gasteiger partial charge on any atom is -0.339 e. The van der Waals surface area contributed by atoms with Crippen molar-refractivity contribution in [2.75, 3.05) is 18.4 Å². The number of amides is 2. The minimum atomic E-state index is -0.197. The van der Waals surface area contributed by atoms with Crippen LogP contribution in [0.5, 0.6) is 0 Å². The van der Waals surface area contributed by atoms with Crippen molar-refractivity contribution in [3.63, 3.8) is 0 Å². The second-order valence-electron chi connectivity index (χ2n) is 6.22. The van der Waals surface area contributed by atoms with Crippen molar-refractivity contribution in [1.82, 2.24) is 4.90 Å². The fourth-order valence-corrected chi connectivity index (χ4v) is 3.03. The number of aryl methyl sites for hydroxylation is 1. The Kier molecular flexibility index (Phi) is 4.94. The summed E-state index contributed by atoms with van der Waals surface area (Å²) in [6, 6.07) is 14.6. The van der Waals surface area contributed by atoms with E-state index in [1.165, 1.54) is 6.42 Å². The van der Waals surface area contributed by atoms with Gasteiger partial charge in [0.1, 0.15) is 0 Å². The zero-order valence-corrected chi connectivity index (χ0v) is 13.9. The molecule has 0 aliphatic carbocycles. The Balaban J connectivity index is 1.81. The lowest BCUT2D eigenvalue weighted by Gasteiger charge is -2.27. The van der Waals surface area contributed by atoms with Gasteiger partial charge in [-0.3, -0.25) is 9.59 Å². The Labute approximate surface area is 142 Å². The predicted octanol–water partition coefficient (Wildman–Crippen LogP) is 3.87. The topological polar surface area (TPSA) is 49.4 Å². The van der Waals surface area contributed by atoms with Crippen molar-refractivity contribution < 1.29 is 9.59 Å². The molecule has 124 valence electrons. The van der Waals surface area contributed by atoms with E-state index < -0.39 is 0 Å². The average Bonchev–Trinajstić information content (AvgIpc) is 2.62. The van der Waals surface area contributed by atoms with Gasteiger partial charge in [-0.2, -0.15) is 0 Å². The van der Waals surface area contributed by atoms with Crippen molar-refractivity contribution in [1.29, 1.82) is 0 Å². The van der Waals surface area contributed by atoms with E-state index in [9.17, 15) is 9.59 Å². The van der Waals surface area contributed by atoms with Crippen molar-refractivity contribution >= 4 is 17.5 Å². The molecule has 0 atom stereocenters. The zero-order valence-electron chi connectivity index (χ0n) is 13.9. The number of hydrogen-bond donors (Lipinski definition) is 1. The molecule has 0 aromatic heterocycles. The molecule has 1 N–H and O–H groups in total. The van der Waals surface area contributed by atoms with Gasteiger partial charge in [-0.05, 0) is 50.5 Å². The van der Waals surface area contributed by atoms with Crippen molar-refractivity contribution in [2.45, 2.75) is 26.2 Å². The third kappa shape index (κ3) is 3.65. The lowest BCUT2D eigenvalue weighted by atomic mass is 10.1. The number of anilines is 1. The van der Waals surface area contributed by atoms with E-state index in [0.717, 1.165) is 31.5 Å². The van der Waals surface area contributed by atoms with Crippen LogP contribution in [0.3, 0.4) is 0 Å². The van der Waals surface area contributed by atoms with E-state index in [1.54, 1.807) is 18.2 Å². The van der Waals surface area contributed by atoms with Crippen LogP contribution in [0.25, 0.3) is 0 Å². The molecule has 1 saturated heterocycles. The molecule has 0 radical (unpaired) electrons. The fourth-order valence-electron chi connectivity index (χ4n) is 3.03. The summed E-state index contributed by atoms with van der Waals surface area (Å²) in [5.41, 5.74) is 2.75. The predicted molar refractivity (Wildman–Crippen MR) is 95.3 cm³/mol. The van der Waals surface area contributed by atoms with Crippen LogP contribution < -0.4 is 5.32 Å². The molecule has 0 saturated carbocycles. The molecule has 2 amide bonds. The van der Waals surface area contributed by atoms with Crippen LogP contribution in [0.2, 0.25) is 0 Å². The highest BCUT2D eigenvalue weighted by Crippen LogP contribution is 2.21. The number of benzene rings is 2. The molecule has 1 aliphatic heterocycles. The molecule has 0 spiro atoms. The number of likely N-dealkylation sites (tertiary alicyclic amines) is 1. The molecule has 24 heavy (non-hydrogen) atoms. The summed E-state index contributed by atoms with van der Waals surface area (Å²) in [4.78, 5) is 27.1. The lowest BCUT2D eigenvalue weighted by Crippen LogP contribution is -2.36. The third-order valence-corrected chi connectivity index (χ3v) is 4.33. The van der Waals surface area contributed by atoms with Crippen LogP contribution in [-0.4, -0.2) is 29.8 Å². The van der Waals surface area contributed by atoms with Gasteiger partial charge in [0.05, 0.1) is 11.3 Å². The van der Waals surface area contributed by atoms with Gasteiger partial charge >= 0.3 is 0 Å². The maximum absolute atomic E-state index is 12.8. The Morgan fingerprint density at radius 3 is 2.46 bits per heavy atom. The van der Waals surface area contributed by atoms with E-state index in [2.05, 4.69) is 5.32 Å². The Morgan fingerprint density at radius 2 is 1.71 bits per heavy atom. The van der Waals surface area contributed by atoms with Gasteiger partial charge in [0.2, 0.25) is 0 Å². The number of nitrogens with zero attached hydrogens (tertiary/aromatic N) is 1. The van der Waals surface area contributed by atoms with E-state index in [-0.39, 0.29) is 11.8 Å². The van der Waals surface area contributed by atoms with Gasteiger partial charge < -0.3 is 10.2 Å². The van der Waals surface area contributed by atoms with E-state index in [4.69, 9.17) is 0 Å². The molecular weight excluding hydrogens is 300 g/mol. The standard InChI is InChI=1S/C20H22N2O2/c1-15-8-7-9-16(14-15)19(23)21-18-11-4-3-10-17(18)20(24)22-12-5-2-6-13-22/h3-4,7-11,14H,2,5-6,12-13H2,1H3,(H,21,23). The number of piperidine rings is 1. The molecule has 4 nitrogen and oxygen atoms in total. The molecule has 1 heterocycles. The minimum absolute atomic E-state index is 0.00478. The number of hydrogen-bond acceptors (Lipinski definition) is 2. The van der Waals surface area contributed by atoms with Crippen LogP contribution in [0.15, 0.2) is 48.5 Å². The van der Waals surface area contributed by atoms with E-state index >= 15 is 0 Å². The molecule has 3 rings (SSSR count). The largest absolute Gasteiger partial charge is 0.339 e. The SMILES string of the molecule is Cc1cccc(C(=O)Nc2ccccc2C(=O)N2CCCCC2)c1.